The summed E-state index contributed by atoms with van der Waals surface area (Å²) in [5.74, 6) is 0.866. The smallest absolute Gasteiger partial charge is 0.316 e. The van der Waals surface area contributed by atoms with Gasteiger partial charge in [0.1, 0.15) is 6.10 Å². The predicted octanol–water partition coefficient (Wildman–Crippen LogP) is 3.08. The molecule has 120 valence electrons. The Hall–Kier alpha value is -1.36. The first-order valence-corrected chi connectivity index (χ1v) is 8.50. The zero-order chi connectivity index (χ0) is 15.4. The molecule has 1 aliphatic carbocycles. The second-order valence-corrected chi connectivity index (χ2v) is 6.70. The van der Waals surface area contributed by atoms with Crippen molar-refractivity contribution in [3.05, 3.63) is 17.4 Å². The van der Waals surface area contributed by atoms with Crippen LogP contribution in [-0.2, 0) is 4.79 Å². The number of ether oxygens (including phenoxy) is 1. The lowest BCUT2D eigenvalue weighted by molar-refractivity contribution is -0.134. The summed E-state index contributed by atoms with van der Waals surface area (Å²) in [4.78, 5) is 22.5. The number of hydrogen-bond acceptors (Lipinski definition) is 4. The van der Waals surface area contributed by atoms with Crippen LogP contribution >= 0.6 is 11.6 Å². The highest BCUT2D eigenvalue weighted by Gasteiger charge is 2.27. The van der Waals surface area contributed by atoms with E-state index in [0.717, 1.165) is 19.4 Å². The van der Waals surface area contributed by atoms with Crippen LogP contribution in [0.1, 0.15) is 44.9 Å². The fraction of sp³-hybridized carbons (Fsp3) is 0.688. The number of hydrogen-bond donors (Lipinski definition) is 0. The topological polar surface area (TPSA) is 55.3 Å². The molecule has 22 heavy (non-hydrogen) atoms. The molecule has 2 fully saturated rings. The molecule has 2 heterocycles. The van der Waals surface area contributed by atoms with E-state index >= 15 is 0 Å². The second kappa shape index (κ2) is 7.27. The number of amides is 1. The van der Waals surface area contributed by atoms with Crippen molar-refractivity contribution in [3.63, 3.8) is 0 Å². The van der Waals surface area contributed by atoms with E-state index in [1.54, 1.807) is 0 Å². The molecular formula is C16H22ClN3O2. The molecule has 0 bridgehead atoms. The summed E-state index contributed by atoms with van der Waals surface area (Å²) in [5, 5.41) is 0.490. The van der Waals surface area contributed by atoms with E-state index in [1.165, 1.54) is 38.1 Å². The molecule has 1 saturated carbocycles. The molecule has 5 nitrogen and oxygen atoms in total. The molecule has 1 atom stereocenters. The van der Waals surface area contributed by atoms with Gasteiger partial charge in [-0.25, -0.2) is 9.97 Å². The molecule has 1 aromatic heterocycles. The third-order valence-corrected chi connectivity index (χ3v) is 4.73. The van der Waals surface area contributed by atoms with Gasteiger partial charge in [0.25, 0.3) is 0 Å². The van der Waals surface area contributed by atoms with Gasteiger partial charge in [-0.3, -0.25) is 4.79 Å². The third-order valence-electron chi connectivity index (χ3n) is 4.54. The minimum absolute atomic E-state index is 0.0255. The largest absolute Gasteiger partial charge is 0.458 e. The van der Waals surface area contributed by atoms with E-state index in [-0.39, 0.29) is 12.0 Å². The van der Waals surface area contributed by atoms with Crippen molar-refractivity contribution >= 4 is 17.5 Å². The van der Waals surface area contributed by atoms with E-state index in [4.69, 9.17) is 16.3 Å². The molecule has 0 radical (unpaired) electrons. The number of halogens is 1. The molecule has 6 heteroatoms. The molecule has 1 amide bonds. The van der Waals surface area contributed by atoms with Gasteiger partial charge >= 0.3 is 6.01 Å². The molecule has 0 N–H and O–H groups in total. The highest BCUT2D eigenvalue weighted by Crippen LogP contribution is 2.28. The average molecular weight is 324 g/mol. The Morgan fingerprint density at radius 3 is 2.68 bits per heavy atom. The summed E-state index contributed by atoms with van der Waals surface area (Å²) in [6.45, 7) is 1.48. The first-order chi connectivity index (χ1) is 10.7. The summed E-state index contributed by atoms with van der Waals surface area (Å²) in [5.41, 5.74) is 0. The Labute approximate surface area is 136 Å². The zero-order valence-corrected chi connectivity index (χ0v) is 13.5. The number of piperidine rings is 1. The maximum atomic E-state index is 12.4. The fourth-order valence-corrected chi connectivity index (χ4v) is 3.46. The van der Waals surface area contributed by atoms with Crippen molar-refractivity contribution in [1.82, 2.24) is 14.9 Å². The first-order valence-electron chi connectivity index (χ1n) is 8.12. The van der Waals surface area contributed by atoms with Crippen LogP contribution in [0.3, 0.4) is 0 Å². The van der Waals surface area contributed by atoms with E-state index in [0.29, 0.717) is 29.9 Å². The Bertz CT molecular complexity index is 503. The summed E-state index contributed by atoms with van der Waals surface area (Å²) >= 11 is 5.77. The maximum absolute atomic E-state index is 12.4. The van der Waals surface area contributed by atoms with Gasteiger partial charge in [-0.1, -0.05) is 24.4 Å². The molecule has 2 aliphatic rings. The van der Waals surface area contributed by atoms with Crippen LogP contribution in [0.2, 0.25) is 5.02 Å². The lowest BCUT2D eigenvalue weighted by Gasteiger charge is -2.33. The molecule has 0 spiro atoms. The number of likely N-dealkylation sites (tertiary alicyclic amines) is 1. The van der Waals surface area contributed by atoms with Crippen LogP contribution in [-0.4, -0.2) is 40.0 Å². The summed E-state index contributed by atoms with van der Waals surface area (Å²) in [7, 11) is 0. The van der Waals surface area contributed by atoms with Crippen LogP contribution in [0.5, 0.6) is 6.01 Å². The van der Waals surface area contributed by atoms with Gasteiger partial charge in [0.15, 0.2) is 0 Å². The number of aromatic nitrogens is 2. The summed E-state index contributed by atoms with van der Waals surface area (Å²) in [6.07, 6.45) is 10.6. The van der Waals surface area contributed by atoms with Crippen LogP contribution < -0.4 is 4.74 Å². The lowest BCUT2D eigenvalue weighted by atomic mass is 10.0. The van der Waals surface area contributed by atoms with Crippen molar-refractivity contribution in [2.75, 3.05) is 13.1 Å². The first kappa shape index (κ1) is 15.5. The van der Waals surface area contributed by atoms with E-state index < -0.39 is 0 Å². The molecule has 3 rings (SSSR count). The minimum Gasteiger partial charge on any atom is -0.458 e. The quantitative estimate of drug-likeness (QED) is 0.854. The van der Waals surface area contributed by atoms with Crippen molar-refractivity contribution in [3.8, 4) is 6.01 Å². The molecule has 1 aliphatic heterocycles. The molecule has 1 unspecified atom stereocenters. The highest BCUT2D eigenvalue weighted by molar-refractivity contribution is 6.30. The van der Waals surface area contributed by atoms with Crippen LogP contribution in [0, 0.1) is 5.92 Å². The predicted molar refractivity (Wildman–Crippen MR) is 83.8 cm³/mol. The SMILES string of the molecule is O=C(CC1CCCC1)N1CCCC(Oc2ncc(Cl)cn2)C1. The lowest BCUT2D eigenvalue weighted by Crippen LogP contribution is -2.44. The molecule has 1 saturated heterocycles. The summed E-state index contributed by atoms with van der Waals surface area (Å²) < 4.78 is 5.79. The Morgan fingerprint density at radius 2 is 1.95 bits per heavy atom. The molecular weight excluding hydrogens is 302 g/mol. The van der Waals surface area contributed by atoms with Crippen molar-refractivity contribution in [2.24, 2.45) is 5.92 Å². The summed E-state index contributed by atoms with van der Waals surface area (Å²) in [6, 6.07) is 0.333. The second-order valence-electron chi connectivity index (χ2n) is 6.26. The Balaban J connectivity index is 1.52. The van der Waals surface area contributed by atoms with Gasteiger partial charge in [-0.15, -0.1) is 0 Å². The maximum Gasteiger partial charge on any atom is 0.316 e. The van der Waals surface area contributed by atoms with E-state index in [1.807, 2.05) is 4.90 Å². The van der Waals surface area contributed by atoms with Crippen LogP contribution in [0.25, 0.3) is 0 Å². The Kier molecular flexibility index (Phi) is 5.13. The van der Waals surface area contributed by atoms with Gasteiger partial charge in [-0.05, 0) is 31.6 Å². The van der Waals surface area contributed by atoms with Crippen molar-refractivity contribution in [1.29, 1.82) is 0 Å². The standard InChI is InChI=1S/C16H22ClN3O2/c17-13-9-18-16(19-10-13)22-14-6-3-7-20(11-14)15(21)8-12-4-1-2-5-12/h9-10,12,14H,1-8,11H2. The Morgan fingerprint density at radius 1 is 1.23 bits per heavy atom. The van der Waals surface area contributed by atoms with Crippen LogP contribution in [0.15, 0.2) is 12.4 Å². The van der Waals surface area contributed by atoms with Gasteiger partial charge < -0.3 is 9.64 Å². The normalized spacial score (nSPS) is 22.8. The van der Waals surface area contributed by atoms with Gasteiger partial charge in [0.2, 0.25) is 5.91 Å². The number of nitrogens with zero attached hydrogens (tertiary/aromatic N) is 3. The van der Waals surface area contributed by atoms with Gasteiger partial charge in [0.05, 0.1) is 24.0 Å². The number of rotatable bonds is 4. The fourth-order valence-electron chi connectivity index (χ4n) is 3.36. The van der Waals surface area contributed by atoms with Gasteiger partial charge in [0, 0.05) is 13.0 Å². The molecule has 0 aromatic carbocycles. The monoisotopic (exact) mass is 323 g/mol. The number of carbonyl (C=O) groups is 1. The van der Waals surface area contributed by atoms with Crippen LogP contribution in [0.4, 0.5) is 0 Å². The minimum atomic E-state index is -0.0255. The van der Waals surface area contributed by atoms with Crippen molar-refractivity contribution < 1.29 is 9.53 Å². The van der Waals surface area contributed by atoms with E-state index in [2.05, 4.69) is 9.97 Å². The molecule has 1 aromatic rings. The van der Waals surface area contributed by atoms with Gasteiger partial charge in [-0.2, -0.15) is 0 Å². The number of carbonyl (C=O) groups excluding carboxylic acids is 1. The highest BCUT2D eigenvalue weighted by atomic mass is 35.5. The third kappa shape index (κ3) is 4.09. The average Bonchev–Trinajstić information content (AvgIpc) is 3.03. The zero-order valence-electron chi connectivity index (χ0n) is 12.7. The van der Waals surface area contributed by atoms with Crippen molar-refractivity contribution in [2.45, 2.75) is 51.0 Å². The van der Waals surface area contributed by atoms with E-state index in [9.17, 15) is 4.79 Å².